The quantitative estimate of drug-likeness (QED) is 0.584. The van der Waals surface area contributed by atoms with Crippen LogP contribution < -0.4 is 39.0 Å². The Balaban J connectivity index is 0.00000225. The Bertz CT molecular complexity index is 421. The van der Waals surface area contributed by atoms with E-state index in [4.69, 9.17) is 11.6 Å². The van der Waals surface area contributed by atoms with Crippen LogP contribution in [-0.2, 0) is 4.57 Å². The molecule has 16 heavy (non-hydrogen) atoms. The van der Waals surface area contributed by atoms with Crippen LogP contribution in [-0.4, -0.2) is 6.17 Å². The second-order valence-corrected chi connectivity index (χ2v) is 5.43. The van der Waals surface area contributed by atoms with Gasteiger partial charge in [-0.25, -0.2) is 0 Å². The number of alkyl halides is 2. The summed E-state index contributed by atoms with van der Waals surface area (Å²) in [6.45, 7) is 0. The summed E-state index contributed by atoms with van der Waals surface area (Å²) in [5.41, 5.74) is 0. The number of benzene rings is 1. The topological polar surface area (TPSA) is 49.4 Å². The molecule has 0 amide bonds. The van der Waals surface area contributed by atoms with Crippen LogP contribution in [0.1, 0.15) is 0 Å². The fraction of sp³-hybridized carbons (Fsp3) is 0.143. The number of rotatable bonds is 3. The first-order valence-electron chi connectivity index (χ1n) is 3.56. The molecule has 1 atom stereocenters. The van der Waals surface area contributed by atoms with Gasteiger partial charge in [-0.1, -0.05) is 11.6 Å². The minimum atomic E-state index is -5.18. The van der Waals surface area contributed by atoms with E-state index in [2.05, 4.69) is 20.5 Å². The van der Waals surface area contributed by atoms with Gasteiger partial charge in [0.15, 0.2) is 0 Å². The zero-order valence-corrected chi connectivity index (χ0v) is 13.2. The van der Waals surface area contributed by atoms with E-state index in [0.717, 1.165) is 0 Å². The van der Waals surface area contributed by atoms with Gasteiger partial charge in [-0.15, -0.1) is 0 Å². The Hall–Kier alpha value is 0.840. The molecule has 0 radical (unpaired) electrons. The molecule has 0 saturated carbocycles. The van der Waals surface area contributed by atoms with Crippen LogP contribution in [0, 0.1) is 0 Å². The summed E-state index contributed by atoms with van der Waals surface area (Å²) in [6, 6.07) is 3.84. The van der Waals surface area contributed by atoms with Gasteiger partial charge in [-0.3, -0.25) is 4.57 Å². The molecule has 0 saturated heterocycles. The van der Waals surface area contributed by atoms with Crippen LogP contribution in [0.2, 0.25) is 5.02 Å². The van der Waals surface area contributed by atoms with E-state index in [9.17, 15) is 18.2 Å². The molecule has 1 unspecified atom stereocenters. The van der Waals surface area contributed by atoms with Gasteiger partial charge >= 0.3 is 35.7 Å². The molecule has 1 rings (SSSR count). The maximum atomic E-state index is 12.0. The average Bonchev–Trinajstić information content (AvgIpc) is 2.09. The normalized spacial score (nSPS) is 14.1. The van der Waals surface area contributed by atoms with Crippen LogP contribution in [0.4, 0.5) is 8.78 Å². The van der Waals surface area contributed by atoms with Crippen LogP contribution in [0.25, 0.3) is 0 Å². The van der Waals surface area contributed by atoms with E-state index < -0.39 is 13.8 Å². The van der Waals surface area contributed by atoms with Crippen molar-refractivity contribution in [2.24, 2.45) is 0 Å². The summed E-state index contributed by atoms with van der Waals surface area (Å²) < 4.78 is 39.1. The summed E-state index contributed by atoms with van der Waals surface area (Å²) in [5.74, 6) is -0.224. The van der Waals surface area contributed by atoms with E-state index in [1.54, 1.807) is 0 Å². The molecule has 0 bridgehead atoms. The number of hydrogen-bond acceptors (Lipinski definition) is 3. The third kappa shape index (κ3) is 4.61. The molecule has 9 heteroatoms. The predicted octanol–water partition coefficient (Wildman–Crippen LogP) is 0.261. The van der Waals surface area contributed by atoms with Gasteiger partial charge in [0.1, 0.15) is 5.75 Å². The minimum Gasteiger partial charge on any atom is -0.765 e. The van der Waals surface area contributed by atoms with Gasteiger partial charge in [-0.2, -0.15) is 8.78 Å². The van der Waals surface area contributed by atoms with Crippen molar-refractivity contribution in [3.05, 3.63) is 27.7 Å². The minimum absolute atomic E-state index is 0. The Morgan fingerprint density at radius 1 is 1.50 bits per heavy atom. The summed E-state index contributed by atoms with van der Waals surface area (Å²) >= 11 is 8.50. The molecule has 1 aromatic carbocycles. The summed E-state index contributed by atoms with van der Waals surface area (Å²) in [7, 11) is -5.18. The molecule has 84 valence electrons. The predicted molar refractivity (Wildman–Crippen MR) is 53.4 cm³/mol. The molecular formula is C7H4BrClF2NaO3P. The second kappa shape index (κ2) is 6.69. The van der Waals surface area contributed by atoms with Crippen LogP contribution >= 0.6 is 35.1 Å². The first-order chi connectivity index (χ1) is 6.83. The van der Waals surface area contributed by atoms with Crippen LogP contribution in [0.5, 0.6) is 5.75 Å². The van der Waals surface area contributed by atoms with Gasteiger partial charge in [0.2, 0.25) is 7.60 Å². The van der Waals surface area contributed by atoms with Crippen molar-refractivity contribution < 1.29 is 52.3 Å². The van der Waals surface area contributed by atoms with Crippen molar-refractivity contribution in [1.29, 1.82) is 0 Å². The van der Waals surface area contributed by atoms with Gasteiger partial charge in [0, 0.05) is 5.02 Å². The van der Waals surface area contributed by atoms with E-state index in [0.29, 0.717) is 5.02 Å². The molecule has 0 spiro atoms. The Morgan fingerprint density at radius 3 is 2.50 bits per heavy atom. The molecule has 0 heterocycles. The first-order valence-corrected chi connectivity index (χ1v) is 6.35. The zero-order valence-electron chi connectivity index (χ0n) is 7.99. The summed E-state index contributed by atoms with van der Waals surface area (Å²) in [6.07, 6.45) is -3.56. The van der Waals surface area contributed by atoms with Gasteiger partial charge < -0.3 is 9.42 Å². The maximum absolute atomic E-state index is 12.0. The Kier molecular flexibility index (Phi) is 7.04. The van der Waals surface area contributed by atoms with E-state index in [1.807, 2.05) is 0 Å². The summed E-state index contributed by atoms with van der Waals surface area (Å²) in [5, 5.41) is 0.326. The Labute approximate surface area is 126 Å². The van der Waals surface area contributed by atoms with Crippen molar-refractivity contribution in [3.8, 4) is 5.75 Å². The Morgan fingerprint density at radius 2 is 2.06 bits per heavy atom. The first kappa shape index (κ1) is 16.8. The van der Waals surface area contributed by atoms with Crippen molar-refractivity contribution in [2.75, 3.05) is 0 Å². The molecule has 3 nitrogen and oxygen atoms in total. The molecular weight excluding hydrogens is 339 g/mol. The third-order valence-corrected chi connectivity index (χ3v) is 3.14. The molecule has 0 aliphatic carbocycles. The van der Waals surface area contributed by atoms with E-state index in [-0.39, 0.29) is 39.8 Å². The second-order valence-electron chi connectivity index (χ2n) is 2.48. The van der Waals surface area contributed by atoms with Gasteiger partial charge in [0.25, 0.3) is 0 Å². The molecule has 0 aliphatic rings. The van der Waals surface area contributed by atoms with Crippen molar-refractivity contribution >= 4 is 35.1 Å². The SMILES string of the molecule is O=P([O-])(Oc1ccc(Cl)cc1Br)C(F)F.[Na+]. The molecule has 1 aromatic rings. The molecule has 0 aliphatic heterocycles. The third-order valence-electron chi connectivity index (χ3n) is 1.36. The van der Waals surface area contributed by atoms with Gasteiger partial charge in [-0.05, 0) is 34.1 Å². The fourth-order valence-electron chi connectivity index (χ4n) is 0.726. The largest absolute Gasteiger partial charge is 1.00 e. The van der Waals surface area contributed by atoms with E-state index >= 15 is 0 Å². The molecule has 0 aromatic heterocycles. The van der Waals surface area contributed by atoms with Crippen molar-refractivity contribution in [1.82, 2.24) is 0 Å². The monoisotopic (exact) mass is 342 g/mol. The van der Waals surface area contributed by atoms with Gasteiger partial charge in [0.05, 0.1) is 4.47 Å². The van der Waals surface area contributed by atoms with E-state index in [1.165, 1.54) is 18.2 Å². The molecule has 0 N–H and O–H groups in total. The fourth-order valence-corrected chi connectivity index (χ4v) is 2.13. The van der Waals surface area contributed by atoms with Crippen molar-refractivity contribution in [3.63, 3.8) is 0 Å². The smallest absolute Gasteiger partial charge is 0.765 e. The molecule has 0 fully saturated rings. The number of hydrogen-bond donors (Lipinski definition) is 0. The zero-order chi connectivity index (χ0) is 11.6. The standard InChI is InChI=1S/C7H5BrClF2O3P.Na/c8-5-3-4(9)1-2-6(5)14-15(12,13)7(10)11;/h1-3,7H,(H,12,13);/q;+1/p-1. The van der Waals surface area contributed by atoms with Crippen molar-refractivity contribution in [2.45, 2.75) is 6.17 Å². The van der Waals surface area contributed by atoms with Crippen LogP contribution in [0.15, 0.2) is 22.7 Å². The summed E-state index contributed by atoms with van der Waals surface area (Å²) in [4.78, 5) is 10.7. The maximum Gasteiger partial charge on any atom is 1.00 e. The number of halogens is 4. The van der Waals surface area contributed by atoms with Crippen LogP contribution in [0.3, 0.4) is 0 Å². The average molecular weight is 343 g/mol.